The summed E-state index contributed by atoms with van der Waals surface area (Å²) in [4.78, 5) is 12.4. The van der Waals surface area contributed by atoms with Crippen molar-refractivity contribution in [2.75, 3.05) is 28.4 Å². The van der Waals surface area contributed by atoms with Crippen molar-refractivity contribution in [3.63, 3.8) is 0 Å². The average molecular weight is 497 g/mol. The largest absolute Gasteiger partial charge is 0.495 e. The molecule has 0 N–H and O–H groups in total. The van der Waals surface area contributed by atoms with Crippen molar-refractivity contribution in [3.8, 4) is 23.0 Å². The van der Waals surface area contributed by atoms with Crippen LogP contribution in [0.5, 0.6) is 23.0 Å². The number of rotatable bonds is 10. The zero-order valence-corrected chi connectivity index (χ0v) is 20.7. The van der Waals surface area contributed by atoms with Gasteiger partial charge in [0.05, 0.1) is 33.5 Å². The zero-order chi connectivity index (χ0) is 25.4. The van der Waals surface area contributed by atoms with Crippen LogP contribution >= 0.6 is 11.6 Å². The van der Waals surface area contributed by atoms with Gasteiger partial charge in [-0.1, -0.05) is 42.0 Å². The van der Waals surface area contributed by atoms with Crippen molar-refractivity contribution in [2.45, 2.75) is 6.42 Å². The lowest BCUT2D eigenvalue weighted by Crippen LogP contribution is -1.96. The SMILES string of the molecule is COc1cc(C/C=C\C(=O)c2cccc(F)c2)c(/C=C\c2cc(OC)c(OC)c(OC)c2)cc1Cl. The zero-order valence-electron chi connectivity index (χ0n) is 19.9. The number of methoxy groups -OCH3 is 4. The maximum atomic E-state index is 13.4. The van der Waals surface area contributed by atoms with E-state index < -0.39 is 5.82 Å². The van der Waals surface area contributed by atoms with Crippen molar-refractivity contribution >= 4 is 29.5 Å². The molecule has 3 rings (SSSR count). The van der Waals surface area contributed by atoms with Gasteiger partial charge >= 0.3 is 0 Å². The van der Waals surface area contributed by atoms with Crippen molar-refractivity contribution in [3.05, 3.63) is 93.8 Å². The summed E-state index contributed by atoms with van der Waals surface area (Å²) < 4.78 is 35.0. The monoisotopic (exact) mass is 496 g/mol. The molecule has 0 aliphatic heterocycles. The van der Waals surface area contributed by atoms with Gasteiger partial charge in [0.15, 0.2) is 17.3 Å². The smallest absolute Gasteiger partial charge is 0.203 e. The van der Waals surface area contributed by atoms with Crippen LogP contribution in [0.3, 0.4) is 0 Å². The molecule has 0 amide bonds. The molecule has 0 spiro atoms. The Bertz CT molecular complexity index is 1240. The molecular formula is C28H26ClFO5. The van der Waals surface area contributed by atoms with Gasteiger partial charge in [0.2, 0.25) is 5.75 Å². The molecule has 3 aromatic carbocycles. The highest BCUT2D eigenvalue weighted by Gasteiger charge is 2.13. The van der Waals surface area contributed by atoms with E-state index >= 15 is 0 Å². The highest BCUT2D eigenvalue weighted by molar-refractivity contribution is 6.32. The summed E-state index contributed by atoms with van der Waals surface area (Å²) in [5.41, 5.74) is 2.84. The fourth-order valence-corrected chi connectivity index (χ4v) is 3.76. The van der Waals surface area contributed by atoms with E-state index in [1.807, 2.05) is 30.4 Å². The molecule has 0 unspecified atom stereocenters. The lowest BCUT2D eigenvalue weighted by atomic mass is 10.0. The summed E-state index contributed by atoms with van der Waals surface area (Å²) in [6.07, 6.45) is 7.40. The van der Waals surface area contributed by atoms with Gasteiger partial charge in [-0.2, -0.15) is 0 Å². The fourth-order valence-electron chi connectivity index (χ4n) is 3.51. The lowest BCUT2D eigenvalue weighted by molar-refractivity contribution is 0.104. The first-order valence-corrected chi connectivity index (χ1v) is 11.1. The van der Waals surface area contributed by atoms with E-state index in [4.69, 9.17) is 30.5 Å². The molecule has 35 heavy (non-hydrogen) atoms. The maximum Gasteiger partial charge on any atom is 0.203 e. The van der Waals surface area contributed by atoms with Gasteiger partial charge < -0.3 is 18.9 Å². The Morgan fingerprint density at radius 1 is 0.886 bits per heavy atom. The molecule has 0 fully saturated rings. The molecular weight excluding hydrogens is 471 g/mol. The van der Waals surface area contributed by atoms with Crippen LogP contribution in [0.25, 0.3) is 12.2 Å². The van der Waals surface area contributed by atoms with Gasteiger partial charge in [-0.15, -0.1) is 0 Å². The number of hydrogen-bond donors (Lipinski definition) is 0. The van der Waals surface area contributed by atoms with Gasteiger partial charge in [-0.3, -0.25) is 4.79 Å². The first-order chi connectivity index (χ1) is 16.9. The van der Waals surface area contributed by atoms with Crippen LogP contribution in [0.4, 0.5) is 4.39 Å². The highest BCUT2D eigenvalue weighted by atomic mass is 35.5. The van der Waals surface area contributed by atoms with Crippen LogP contribution in [0.1, 0.15) is 27.0 Å². The lowest BCUT2D eigenvalue weighted by Gasteiger charge is -2.13. The van der Waals surface area contributed by atoms with Crippen LogP contribution in [0.2, 0.25) is 5.02 Å². The van der Waals surface area contributed by atoms with Crippen LogP contribution in [0.15, 0.2) is 60.7 Å². The maximum absolute atomic E-state index is 13.4. The Balaban J connectivity index is 1.91. The topological polar surface area (TPSA) is 54.0 Å². The molecule has 182 valence electrons. The minimum atomic E-state index is -0.453. The van der Waals surface area contributed by atoms with Crippen LogP contribution in [-0.4, -0.2) is 34.2 Å². The Kier molecular flexibility index (Phi) is 8.92. The van der Waals surface area contributed by atoms with E-state index in [1.165, 1.54) is 24.3 Å². The van der Waals surface area contributed by atoms with Crippen molar-refractivity contribution in [2.24, 2.45) is 0 Å². The molecule has 0 radical (unpaired) electrons. The second kappa shape index (κ2) is 12.1. The van der Waals surface area contributed by atoms with Crippen molar-refractivity contribution in [1.29, 1.82) is 0 Å². The molecule has 0 aliphatic rings. The third kappa shape index (κ3) is 6.43. The summed E-state index contributed by atoms with van der Waals surface area (Å²) >= 11 is 6.37. The quantitative estimate of drug-likeness (QED) is 0.178. The first kappa shape index (κ1) is 25.8. The number of carbonyl (C=O) groups is 1. The summed E-state index contributed by atoms with van der Waals surface area (Å²) in [7, 11) is 6.21. The molecule has 0 aliphatic carbocycles. The molecule has 0 bridgehead atoms. The van der Waals surface area contributed by atoms with E-state index in [0.717, 1.165) is 16.7 Å². The molecule has 0 saturated carbocycles. The minimum absolute atomic E-state index is 0.278. The summed E-state index contributed by atoms with van der Waals surface area (Å²) in [6.45, 7) is 0. The summed E-state index contributed by atoms with van der Waals surface area (Å²) in [5.74, 6) is 1.38. The highest BCUT2D eigenvalue weighted by Crippen LogP contribution is 2.39. The third-order valence-electron chi connectivity index (χ3n) is 5.27. The van der Waals surface area contributed by atoms with Gasteiger partial charge in [-0.25, -0.2) is 4.39 Å². The van der Waals surface area contributed by atoms with Crippen LogP contribution in [0, 0.1) is 5.82 Å². The predicted molar refractivity (Wildman–Crippen MR) is 137 cm³/mol. The van der Waals surface area contributed by atoms with Gasteiger partial charge in [-0.05, 0) is 65.6 Å². The van der Waals surface area contributed by atoms with E-state index in [1.54, 1.807) is 46.6 Å². The van der Waals surface area contributed by atoms with E-state index in [9.17, 15) is 9.18 Å². The molecule has 0 saturated heterocycles. The van der Waals surface area contributed by atoms with Crippen LogP contribution in [-0.2, 0) is 6.42 Å². The number of ether oxygens (including phenoxy) is 4. The summed E-state index contributed by atoms with van der Waals surface area (Å²) in [6, 6.07) is 12.9. The Labute approximate surface area is 209 Å². The van der Waals surface area contributed by atoms with E-state index in [2.05, 4.69) is 0 Å². The Hall–Kier alpha value is -3.77. The van der Waals surface area contributed by atoms with E-state index in [-0.39, 0.29) is 11.3 Å². The second-order valence-corrected chi connectivity index (χ2v) is 7.87. The Morgan fingerprint density at radius 2 is 1.57 bits per heavy atom. The fraction of sp³-hybridized carbons (Fsp3) is 0.179. The number of allylic oxidation sites excluding steroid dienone is 2. The van der Waals surface area contributed by atoms with Crippen LogP contribution < -0.4 is 18.9 Å². The number of ketones is 1. The molecule has 5 nitrogen and oxygen atoms in total. The first-order valence-electron chi connectivity index (χ1n) is 10.7. The number of benzene rings is 3. The second-order valence-electron chi connectivity index (χ2n) is 7.46. The van der Waals surface area contributed by atoms with Gasteiger partial charge in [0.25, 0.3) is 0 Å². The standard InChI is InChI=1S/C28H26ClFO5/c1-32-25-17-19(7-6-10-24(31)21-8-5-9-22(30)15-21)20(16-23(25)29)12-11-18-13-26(33-2)28(35-4)27(14-18)34-3/h5-6,8-17H,7H2,1-4H3/b10-6-,12-11-. The normalized spacial score (nSPS) is 11.1. The van der Waals surface area contributed by atoms with Crippen molar-refractivity contribution in [1.82, 2.24) is 0 Å². The Morgan fingerprint density at radius 3 is 2.17 bits per heavy atom. The molecule has 0 atom stereocenters. The molecule has 3 aromatic rings. The van der Waals surface area contributed by atoms with Gasteiger partial charge in [0, 0.05) is 5.56 Å². The minimum Gasteiger partial charge on any atom is -0.495 e. The van der Waals surface area contributed by atoms with E-state index in [0.29, 0.717) is 34.4 Å². The number of hydrogen-bond acceptors (Lipinski definition) is 5. The average Bonchev–Trinajstić information content (AvgIpc) is 2.87. The third-order valence-corrected chi connectivity index (χ3v) is 5.57. The van der Waals surface area contributed by atoms with Gasteiger partial charge in [0.1, 0.15) is 11.6 Å². The number of halogens is 2. The number of carbonyl (C=O) groups excluding carboxylic acids is 1. The molecule has 0 heterocycles. The summed E-state index contributed by atoms with van der Waals surface area (Å²) in [5, 5.41) is 0.459. The van der Waals surface area contributed by atoms with Crippen molar-refractivity contribution < 1.29 is 28.1 Å². The molecule has 0 aromatic heterocycles. The molecule has 7 heteroatoms. The predicted octanol–water partition coefficient (Wildman–Crippen LogP) is 6.67.